The van der Waals surface area contributed by atoms with Crippen molar-refractivity contribution in [2.45, 2.75) is 126 Å². The highest BCUT2D eigenvalue weighted by atomic mass is 16.7. The Morgan fingerprint density at radius 2 is 1.56 bits per heavy atom. The SMILES string of the molecule is CON(C)C(=O)[C@@]1(C)CC[C@]2(C)CC[C@]3(C)C(=CC[C@@H]4[C@@]5(C)CC[C@H](OC(C)=O)C(C)(C)C5CC[C@]43C)[C@@H]2C1. The van der Waals surface area contributed by atoms with Crippen molar-refractivity contribution < 1.29 is 19.2 Å². The summed E-state index contributed by atoms with van der Waals surface area (Å²) in [6.07, 6.45) is 13.8. The second kappa shape index (κ2) is 9.07. The molecule has 0 saturated heterocycles. The molecule has 1 amide bonds. The first kappa shape index (κ1) is 29.1. The maximum Gasteiger partial charge on any atom is 0.302 e. The van der Waals surface area contributed by atoms with Crippen LogP contribution in [0.1, 0.15) is 120 Å². The molecule has 0 bridgehead atoms. The number of hydrogen-bond donors (Lipinski definition) is 0. The van der Waals surface area contributed by atoms with Crippen molar-refractivity contribution in [3.05, 3.63) is 11.6 Å². The molecule has 0 radical (unpaired) electrons. The third-order valence-corrected chi connectivity index (χ3v) is 14.2. The van der Waals surface area contributed by atoms with Gasteiger partial charge in [0, 0.05) is 24.8 Å². The van der Waals surface area contributed by atoms with Gasteiger partial charge in [-0.3, -0.25) is 14.4 Å². The molecule has 0 heterocycles. The van der Waals surface area contributed by atoms with Crippen molar-refractivity contribution in [2.75, 3.05) is 14.2 Å². The molecule has 0 aromatic heterocycles. The molecule has 0 N–H and O–H groups in total. The van der Waals surface area contributed by atoms with Gasteiger partial charge in [-0.05, 0) is 104 Å². The molecule has 9 atom stereocenters. The predicted octanol–water partition coefficient (Wildman–Crippen LogP) is 7.74. The Morgan fingerprint density at radius 3 is 2.21 bits per heavy atom. The molecule has 5 aliphatic carbocycles. The zero-order chi connectivity index (χ0) is 28.8. The Bertz CT molecular complexity index is 1070. The molecular formula is C34H55NO4. The molecular weight excluding hydrogens is 486 g/mol. The van der Waals surface area contributed by atoms with E-state index in [2.05, 4.69) is 54.5 Å². The number of carbonyl (C=O) groups is 2. The smallest absolute Gasteiger partial charge is 0.302 e. The van der Waals surface area contributed by atoms with Crippen molar-refractivity contribution >= 4 is 11.9 Å². The van der Waals surface area contributed by atoms with Gasteiger partial charge in [0.1, 0.15) is 6.10 Å². The number of esters is 1. The average Bonchev–Trinajstić information content (AvgIpc) is 2.86. The van der Waals surface area contributed by atoms with Gasteiger partial charge in [-0.25, -0.2) is 5.06 Å². The first-order valence-electron chi connectivity index (χ1n) is 15.7. The number of hydrogen-bond acceptors (Lipinski definition) is 4. The van der Waals surface area contributed by atoms with E-state index in [0.29, 0.717) is 17.8 Å². The standard InChI is InChI=1S/C34H55NO4/c1-22(36)39-27-14-15-32(6)25(29(27,2)3)13-16-34(8)26(32)12-11-23-24-21-31(5,28(37)35(9)38-10)18-17-30(24,4)19-20-33(23,34)7/h11,24-27H,12-21H2,1-10H3/t24-,25?,26+,27-,30+,31-,32-,33+,34+/m0/s1. The normalized spacial score (nSPS) is 48.4. The van der Waals surface area contributed by atoms with E-state index in [1.807, 2.05) is 0 Å². The van der Waals surface area contributed by atoms with Gasteiger partial charge in [-0.1, -0.05) is 60.1 Å². The van der Waals surface area contributed by atoms with Gasteiger partial charge in [0.25, 0.3) is 5.91 Å². The van der Waals surface area contributed by atoms with Crippen LogP contribution in [-0.2, 0) is 19.2 Å². The van der Waals surface area contributed by atoms with Crippen LogP contribution in [0.2, 0.25) is 0 Å². The summed E-state index contributed by atoms with van der Waals surface area (Å²) in [6.45, 7) is 18.8. The minimum Gasteiger partial charge on any atom is -0.462 e. The van der Waals surface area contributed by atoms with Gasteiger partial charge in [0.2, 0.25) is 0 Å². The second-order valence-corrected chi connectivity index (χ2v) is 16.2. The number of hydroxylamine groups is 2. The van der Waals surface area contributed by atoms with Crippen LogP contribution in [0.25, 0.3) is 0 Å². The van der Waals surface area contributed by atoms with Crippen molar-refractivity contribution in [3.8, 4) is 0 Å². The lowest BCUT2D eigenvalue weighted by Crippen LogP contribution is -2.64. The third-order valence-electron chi connectivity index (χ3n) is 14.2. The topological polar surface area (TPSA) is 55.8 Å². The summed E-state index contributed by atoms with van der Waals surface area (Å²) >= 11 is 0. The number of fused-ring (bicyclic) bond motifs is 7. The van der Waals surface area contributed by atoms with E-state index in [0.717, 1.165) is 38.5 Å². The molecule has 5 rings (SSSR count). The number of amides is 1. The highest BCUT2D eigenvalue weighted by Crippen LogP contribution is 2.75. The molecule has 39 heavy (non-hydrogen) atoms. The van der Waals surface area contributed by atoms with Crippen LogP contribution in [-0.4, -0.2) is 37.2 Å². The maximum absolute atomic E-state index is 13.5. The van der Waals surface area contributed by atoms with Crippen molar-refractivity contribution in [3.63, 3.8) is 0 Å². The van der Waals surface area contributed by atoms with Gasteiger partial charge in [0.05, 0.1) is 7.11 Å². The largest absolute Gasteiger partial charge is 0.462 e. The quantitative estimate of drug-likeness (QED) is 0.208. The lowest BCUT2D eigenvalue weighted by Gasteiger charge is -2.71. The monoisotopic (exact) mass is 541 g/mol. The lowest BCUT2D eigenvalue weighted by atomic mass is 9.33. The third kappa shape index (κ3) is 3.94. The number of allylic oxidation sites excluding steroid dienone is 2. The van der Waals surface area contributed by atoms with E-state index in [-0.39, 0.29) is 50.5 Å². The van der Waals surface area contributed by atoms with Crippen LogP contribution in [0.4, 0.5) is 0 Å². The number of rotatable bonds is 3. The minimum absolute atomic E-state index is 0.0146. The van der Waals surface area contributed by atoms with Gasteiger partial charge >= 0.3 is 5.97 Å². The molecule has 5 nitrogen and oxygen atoms in total. The van der Waals surface area contributed by atoms with Crippen molar-refractivity contribution in [2.24, 2.45) is 50.2 Å². The van der Waals surface area contributed by atoms with E-state index in [9.17, 15) is 9.59 Å². The first-order chi connectivity index (χ1) is 18.0. The van der Waals surface area contributed by atoms with E-state index >= 15 is 0 Å². The molecule has 5 aliphatic rings. The Morgan fingerprint density at radius 1 is 0.897 bits per heavy atom. The summed E-state index contributed by atoms with van der Waals surface area (Å²) in [4.78, 5) is 30.8. The minimum atomic E-state index is -0.380. The molecule has 220 valence electrons. The maximum atomic E-state index is 13.5. The molecule has 5 heteroatoms. The summed E-state index contributed by atoms with van der Waals surface area (Å²) in [5.74, 6) is 1.60. The van der Waals surface area contributed by atoms with Crippen LogP contribution in [0.5, 0.6) is 0 Å². The van der Waals surface area contributed by atoms with Crippen molar-refractivity contribution in [1.82, 2.24) is 5.06 Å². The highest BCUT2D eigenvalue weighted by Gasteiger charge is 2.68. The van der Waals surface area contributed by atoms with Crippen LogP contribution >= 0.6 is 0 Å². The van der Waals surface area contributed by atoms with E-state index in [1.54, 1.807) is 26.7 Å². The Labute approximate surface area is 237 Å². The number of carbonyl (C=O) groups excluding carboxylic acids is 2. The van der Waals surface area contributed by atoms with Gasteiger partial charge < -0.3 is 4.74 Å². The van der Waals surface area contributed by atoms with Crippen LogP contribution in [0.3, 0.4) is 0 Å². The second-order valence-electron chi connectivity index (χ2n) is 16.2. The Hall–Kier alpha value is -1.36. The van der Waals surface area contributed by atoms with Crippen LogP contribution < -0.4 is 0 Å². The van der Waals surface area contributed by atoms with E-state index in [4.69, 9.17) is 9.57 Å². The molecule has 0 aliphatic heterocycles. The van der Waals surface area contributed by atoms with Crippen LogP contribution in [0.15, 0.2) is 11.6 Å². The first-order valence-corrected chi connectivity index (χ1v) is 15.7. The number of nitrogens with zero attached hydrogens (tertiary/aromatic N) is 1. The van der Waals surface area contributed by atoms with Gasteiger partial charge in [-0.15, -0.1) is 0 Å². The molecule has 4 fully saturated rings. The van der Waals surface area contributed by atoms with Gasteiger partial charge in [-0.2, -0.15) is 0 Å². The highest BCUT2D eigenvalue weighted by molar-refractivity contribution is 5.81. The molecule has 0 aromatic rings. The van der Waals surface area contributed by atoms with Crippen molar-refractivity contribution in [1.29, 1.82) is 0 Å². The Kier molecular flexibility index (Phi) is 6.78. The summed E-state index contributed by atoms with van der Waals surface area (Å²) in [5, 5.41) is 1.45. The summed E-state index contributed by atoms with van der Waals surface area (Å²) in [5.41, 5.74) is 2.16. The predicted molar refractivity (Wildman–Crippen MR) is 154 cm³/mol. The van der Waals surface area contributed by atoms with Crippen LogP contribution in [0, 0.1) is 50.2 Å². The fourth-order valence-corrected chi connectivity index (χ4v) is 11.4. The summed E-state index contributed by atoms with van der Waals surface area (Å²) in [6, 6.07) is 0. The zero-order valence-electron chi connectivity index (χ0n) is 26.5. The molecule has 4 saturated carbocycles. The molecule has 1 unspecified atom stereocenters. The number of ether oxygens (including phenoxy) is 1. The van der Waals surface area contributed by atoms with Gasteiger partial charge in [0.15, 0.2) is 0 Å². The average molecular weight is 542 g/mol. The summed E-state index contributed by atoms with van der Waals surface area (Å²) < 4.78 is 5.91. The molecule has 0 spiro atoms. The van der Waals surface area contributed by atoms with E-state index < -0.39 is 0 Å². The summed E-state index contributed by atoms with van der Waals surface area (Å²) in [7, 11) is 3.35. The lowest BCUT2D eigenvalue weighted by molar-refractivity contribution is -0.212. The molecule has 0 aromatic carbocycles. The fourth-order valence-electron chi connectivity index (χ4n) is 11.4. The zero-order valence-corrected chi connectivity index (χ0v) is 26.5. The Balaban J connectivity index is 1.51. The van der Waals surface area contributed by atoms with E-state index in [1.165, 1.54) is 30.7 Å². The fraction of sp³-hybridized carbons (Fsp3) is 0.882.